The molecule has 1 atom stereocenters. The van der Waals surface area contributed by atoms with E-state index in [9.17, 15) is 14.3 Å². The Morgan fingerprint density at radius 2 is 1.72 bits per heavy atom. The highest BCUT2D eigenvalue weighted by atomic mass is 19.1. The Labute approximate surface area is 146 Å². The molecule has 0 spiro atoms. The van der Waals surface area contributed by atoms with Gasteiger partial charge in [0.1, 0.15) is 13.3 Å². The molecule has 1 amide bonds. The molecule has 2 aromatic carbocycles. The number of amides is 1. The number of nitrogens with zero attached hydrogens (tertiary/aromatic N) is 1. The third kappa shape index (κ3) is 3.51. The number of benzene rings is 2. The van der Waals surface area contributed by atoms with Gasteiger partial charge in [0.05, 0.1) is 12.6 Å². The molecule has 1 aliphatic rings. The van der Waals surface area contributed by atoms with Gasteiger partial charge in [-0.2, -0.15) is 0 Å². The Hall–Kier alpha value is -2.40. The molecule has 1 aliphatic carbocycles. The quantitative estimate of drug-likeness (QED) is 0.872. The summed E-state index contributed by atoms with van der Waals surface area (Å²) in [5.41, 5.74) is 4.62. The zero-order chi connectivity index (χ0) is 17.8. The number of hydrogen-bond acceptors (Lipinski definition) is 3. The standard InChI is InChI=1S/C20H22FNO3/c1-2-22(12-14(23)11-21)20(24)25-13-19-17-9-5-3-7-15(17)16-8-4-6-10-18(16)19/h3-10,14,19,23H,2,11-13H2,1H3. The number of rotatable bonds is 6. The smallest absolute Gasteiger partial charge is 0.409 e. The molecule has 3 rings (SSSR count). The van der Waals surface area contributed by atoms with Gasteiger partial charge in [-0.3, -0.25) is 0 Å². The molecule has 0 heterocycles. The molecule has 25 heavy (non-hydrogen) atoms. The van der Waals surface area contributed by atoms with Gasteiger partial charge in [-0.25, -0.2) is 9.18 Å². The molecule has 0 saturated carbocycles. The lowest BCUT2D eigenvalue weighted by atomic mass is 9.98. The second-order valence-corrected chi connectivity index (χ2v) is 6.15. The Kier molecular flexibility index (Phi) is 5.34. The molecule has 132 valence electrons. The lowest BCUT2D eigenvalue weighted by molar-refractivity contribution is 0.0645. The molecule has 4 nitrogen and oxygen atoms in total. The second kappa shape index (κ2) is 7.66. The molecular formula is C20H22FNO3. The monoisotopic (exact) mass is 343 g/mol. The lowest BCUT2D eigenvalue weighted by Gasteiger charge is -2.23. The summed E-state index contributed by atoms with van der Waals surface area (Å²) in [7, 11) is 0. The van der Waals surface area contributed by atoms with Crippen molar-refractivity contribution in [2.45, 2.75) is 18.9 Å². The third-order valence-corrected chi connectivity index (χ3v) is 4.59. The molecule has 0 bridgehead atoms. The number of likely N-dealkylation sites (N-methyl/N-ethyl adjacent to an activating group) is 1. The van der Waals surface area contributed by atoms with Crippen LogP contribution in [0, 0.1) is 0 Å². The number of aliphatic hydroxyl groups excluding tert-OH is 1. The minimum Gasteiger partial charge on any atom is -0.448 e. The van der Waals surface area contributed by atoms with E-state index in [0.717, 1.165) is 11.1 Å². The highest BCUT2D eigenvalue weighted by Gasteiger charge is 2.29. The maximum Gasteiger partial charge on any atom is 0.409 e. The minimum atomic E-state index is -1.18. The maximum atomic E-state index is 12.5. The fraction of sp³-hybridized carbons (Fsp3) is 0.350. The van der Waals surface area contributed by atoms with Crippen LogP contribution in [-0.4, -0.2) is 48.6 Å². The van der Waals surface area contributed by atoms with Crippen LogP contribution in [0.3, 0.4) is 0 Å². The number of carbonyl (C=O) groups is 1. The van der Waals surface area contributed by atoms with Gasteiger partial charge in [0, 0.05) is 12.5 Å². The minimum absolute atomic E-state index is 0.0128. The van der Waals surface area contributed by atoms with E-state index in [1.807, 2.05) is 24.3 Å². The van der Waals surface area contributed by atoms with Crippen molar-refractivity contribution in [2.75, 3.05) is 26.4 Å². The first-order chi connectivity index (χ1) is 12.2. The fourth-order valence-corrected chi connectivity index (χ4v) is 3.32. The first kappa shape index (κ1) is 17.4. The maximum absolute atomic E-state index is 12.5. The SMILES string of the molecule is CCN(CC(O)CF)C(=O)OCC1c2ccccc2-c2ccccc21. The van der Waals surface area contributed by atoms with Gasteiger partial charge in [0.2, 0.25) is 0 Å². The number of fused-ring (bicyclic) bond motifs is 3. The molecule has 0 aromatic heterocycles. The number of hydrogen-bond donors (Lipinski definition) is 1. The van der Waals surface area contributed by atoms with Crippen molar-refractivity contribution in [3.63, 3.8) is 0 Å². The van der Waals surface area contributed by atoms with Gasteiger partial charge in [-0.05, 0) is 29.2 Å². The van der Waals surface area contributed by atoms with Crippen molar-refractivity contribution in [2.24, 2.45) is 0 Å². The first-order valence-corrected chi connectivity index (χ1v) is 8.49. The predicted octanol–water partition coefficient (Wildman–Crippen LogP) is 3.59. The van der Waals surface area contributed by atoms with Crippen molar-refractivity contribution in [1.82, 2.24) is 4.90 Å². The Balaban J connectivity index is 1.74. The van der Waals surface area contributed by atoms with Gasteiger partial charge in [0.25, 0.3) is 0 Å². The van der Waals surface area contributed by atoms with Crippen LogP contribution < -0.4 is 0 Å². The van der Waals surface area contributed by atoms with Gasteiger partial charge in [0.15, 0.2) is 0 Å². The van der Waals surface area contributed by atoms with Crippen LogP contribution in [0.25, 0.3) is 11.1 Å². The zero-order valence-electron chi connectivity index (χ0n) is 14.2. The molecule has 1 N–H and O–H groups in total. The normalized spacial score (nSPS) is 13.9. The van der Waals surface area contributed by atoms with Crippen molar-refractivity contribution in [3.05, 3.63) is 59.7 Å². The predicted molar refractivity (Wildman–Crippen MR) is 94.3 cm³/mol. The van der Waals surface area contributed by atoms with Crippen LogP contribution in [0.5, 0.6) is 0 Å². The zero-order valence-corrected chi connectivity index (χ0v) is 14.2. The third-order valence-electron chi connectivity index (χ3n) is 4.59. The Morgan fingerprint density at radius 1 is 1.16 bits per heavy atom. The van der Waals surface area contributed by atoms with Crippen LogP contribution in [-0.2, 0) is 4.74 Å². The first-order valence-electron chi connectivity index (χ1n) is 8.49. The van der Waals surface area contributed by atoms with E-state index in [2.05, 4.69) is 24.3 Å². The molecule has 5 heteroatoms. The highest BCUT2D eigenvalue weighted by molar-refractivity contribution is 5.79. The largest absolute Gasteiger partial charge is 0.448 e. The summed E-state index contributed by atoms with van der Waals surface area (Å²) in [5, 5.41) is 9.42. The van der Waals surface area contributed by atoms with E-state index in [0.29, 0.717) is 6.54 Å². The number of ether oxygens (including phenoxy) is 1. The van der Waals surface area contributed by atoms with Crippen molar-refractivity contribution in [1.29, 1.82) is 0 Å². The average Bonchev–Trinajstić information content (AvgIpc) is 2.98. The summed E-state index contributed by atoms with van der Waals surface area (Å²) in [6.07, 6.45) is -1.71. The lowest BCUT2D eigenvalue weighted by Crippen LogP contribution is -2.39. The van der Waals surface area contributed by atoms with Crippen molar-refractivity contribution in [3.8, 4) is 11.1 Å². The number of carbonyl (C=O) groups excluding carboxylic acids is 1. The summed E-state index contributed by atoms with van der Waals surface area (Å²) in [5.74, 6) is -0.0128. The number of halogens is 1. The topological polar surface area (TPSA) is 49.8 Å². The molecule has 1 unspecified atom stereocenters. The summed E-state index contributed by atoms with van der Waals surface area (Å²) in [6.45, 7) is 1.39. The van der Waals surface area contributed by atoms with Crippen molar-refractivity contribution >= 4 is 6.09 Å². The number of aliphatic hydroxyl groups is 1. The van der Waals surface area contributed by atoms with Crippen LogP contribution >= 0.6 is 0 Å². The second-order valence-electron chi connectivity index (χ2n) is 6.15. The van der Waals surface area contributed by atoms with Crippen LogP contribution in [0.1, 0.15) is 24.0 Å². The summed E-state index contributed by atoms with van der Waals surface area (Å²) >= 11 is 0. The van der Waals surface area contributed by atoms with E-state index in [1.165, 1.54) is 16.0 Å². The summed E-state index contributed by atoms with van der Waals surface area (Å²) in [6, 6.07) is 16.2. The Bertz CT molecular complexity index is 704. The molecule has 0 saturated heterocycles. The molecule has 2 aromatic rings. The van der Waals surface area contributed by atoms with E-state index in [1.54, 1.807) is 6.92 Å². The number of alkyl halides is 1. The van der Waals surface area contributed by atoms with E-state index < -0.39 is 18.9 Å². The van der Waals surface area contributed by atoms with E-state index in [4.69, 9.17) is 4.74 Å². The molecular weight excluding hydrogens is 321 g/mol. The summed E-state index contributed by atoms with van der Waals surface area (Å²) in [4.78, 5) is 13.6. The molecule has 0 radical (unpaired) electrons. The fourth-order valence-electron chi connectivity index (χ4n) is 3.32. The van der Waals surface area contributed by atoms with Gasteiger partial charge in [-0.1, -0.05) is 48.5 Å². The van der Waals surface area contributed by atoms with Crippen LogP contribution in [0.15, 0.2) is 48.5 Å². The van der Waals surface area contributed by atoms with Gasteiger partial charge < -0.3 is 14.7 Å². The molecule has 0 fully saturated rings. The Morgan fingerprint density at radius 3 is 2.24 bits per heavy atom. The summed E-state index contributed by atoms with van der Waals surface area (Å²) < 4.78 is 18.0. The molecule has 0 aliphatic heterocycles. The van der Waals surface area contributed by atoms with E-state index >= 15 is 0 Å². The van der Waals surface area contributed by atoms with Crippen LogP contribution in [0.2, 0.25) is 0 Å². The van der Waals surface area contributed by atoms with Crippen molar-refractivity contribution < 1.29 is 19.0 Å². The van der Waals surface area contributed by atoms with Crippen LogP contribution in [0.4, 0.5) is 9.18 Å². The van der Waals surface area contributed by atoms with Gasteiger partial charge in [-0.15, -0.1) is 0 Å². The average molecular weight is 343 g/mol. The van der Waals surface area contributed by atoms with Gasteiger partial charge >= 0.3 is 6.09 Å². The van der Waals surface area contributed by atoms with E-state index in [-0.39, 0.29) is 19.1 Å². The highest BCUT2D eigenvalue weighted by Crippen LogP contribution is 2.44.